The van der Waals surface area contributed by atoms with Crippen LogP contribution in [-0.4, -0.2) is 24.2 Å². The SMILES string of the molecule is CCN(CC(N)(C(=O)O)c1ccccc1)c1ccccc1. The van der Waals surface area contributed by atoms with Crippen molar-refractivity contribution in [1.29, 1.82) is 0 Å². The Morgan fingerprint density at radius 2 is 1.62 bits per heavy atom. The maximum Gasteiger partial charge on any atom is 0.330 e. The van der Waals surface area contributed by atoms with Crippen LogP contribution in [0.15, 0.2) is 60.7 Å². The van der Waals surface area contributed by atoms with Gasteiger partial charge in [0.1, 0.15) is 0 Å². The summed E-state index contributed by atoms with van der Waals surface area (Å²) in [5.41, 5.74) is 6.37. The number of aliphatic carboxylic acids is 1. The maximum absolute atomic E-state index is 11.8. The van der Waals surface area contributed by atoms with E-state index in [0.29, 0.717) is 12.1 Å². The van der Waals surface area contributed by atoms with Crippen molar-refractivity contribution in [3.63, 3.8) is 0 Å². The number of hydrogen-bond acceptors (Lipinski definition) is 3. The number of hydrogen-bond donors (Lipinski definition) is 2. The Morgan fingerprint density at radius 1 is 1.10 bits per heavy atom. The lowest BCUT2D eigenvalue weighted by atomic mass is 9.90. The molecule has 0 saturated carbocycles. The molecule has 0 aliphatic heterocycles. The van der Waals surface area contributed by atoms with Crippen LogP contribution < -0.4 is 10.6 Å². The fourth-order valence-electron chi connectivity index (χ4n) is 2.34. The Labute approximate surface area is 124 Å². The molecule has 4 heteroatoms. The Bertz CT molecular complexity index is 586. The summed E-state index contributed by atoms with van der Waals surface area (Å²) in [6, 6.07) is 18.7. The first-order valence-electron chi connectivity index (χ1n) is 6.95. The minimum absolute atomic E-state index is 0.215. The van der Waals surface area contributed by atoms with Crippen molar-refractivity contribution in [3.8, 4) is 0 Å². The Morgan fingerprint density at radius 3 is 2.10 bits per heavy atom. The van der Waals surface area contributed by atoms with Gasteiger partial charge in [0.15, 0.2) is 5.54 Å². The summed E-state index contributed by atoms with van der Waals surface area (Å²) in [7, 11) is 0. The van der Waals surface area contributed by atoms with Gasteiger partial charge in [0.2, 0.25) is 0 Å². The van der Waals surface area contributed by atoms with Crippen LogP contribution in [0.1, 0.15) is 12.5 Å². The molecule has 0 saturated heterocycles. The van der Waals surface area contributed by atoms with E-state index in [1.807, 2.05) is 48.2 Å². The van der Waals surface area contributed by atoms with E-state index in [1.165, 1.54) is 0 Å². The minimum Gasteiger partial charge on any atom is -0.480 e. The van der Waals surface area contributed by atoms with Gasteiger partial charge < -0.3 is 15.7 Å². The van der Waals surface area contributed by atoms with Gasteiger partial charge in [-0.3, -0.25) is 0 Å². The number of para-hydroxylation sites is 1. The fourth-order valence-corrected chi connectivity index (χ4v) is 2.34. The van der Waals surface area contributed by atoms with Crippen molar-refractivity contribution < 1.29 is 9.90 Å². The predicted molar refractivity (Wildman–Crippen MR) is 84.3 cm³/mol. The van der Waals surface area contributed by atoms with E-state index in [4.69, 9.17) is 5.73 Å². The standard InChI is InChI=1S/C17H20N2O2/c1-2-19(15-11-7-4-8-12-15)13-17(18,16(20)21)14-9-5-3-6-10-14/h3-12H,2,13,18H2,1H3,(H,20,21). The van der Waals surface area contributed by atoms with Gasteiger partial charge in [0.25, 0.3) is 0 Å². The Hall–Kier alpha value is -2.33. The number of benzene rings is 2. The molecule has 2 rings (SSSR count). The zero-order valence-corrected chi connectivity index (χ0v) is 12.1. The van der Waals surface area contributed by atoms with Gasteiger partial charge in [-0.05, 0) is 24.6 Å². The molecule has 0 heterocycles. The van der Waals surface area contributed by atoms with Crippen molar-refractivity contribution in [2.75, 3.05) is 18.0 Å². The van der Waals surface area contributed by atoms with E-state index in [1.54, 1.807) is 24.3 Å². The van der Waals surface area contributed by atoms with Crippen LogP contribution in [0.3, 0.4) is 0 Å². The number of carboxylic acids is 1. The fraction of sp³-hybridized carbons (Fsp3) is 0.235. The van der Waals surface area contributed by atoms with Gasteiger partial charge in [0.05, 0.1) is 6.54 Å². The molecule has 0 aliphatic carbocycles. The number of likely N-dealkylation sites (N-methyl/N-ethyl adjacent to an activating group) is 1. The monoisotopic (exact) mass is 284 g/mol. The normalized spacial score (nSPS) is 13.4. The first-order chi connectivity index (χ1) is 10.1. The van der Waals surface area contributed by atoms with Crippen LogP contribution >= 0.6 is 0 Å². The van der Waals surface area contributed by atoms with E-state index in [0.717, 1.165) is 5.69 Å². The molecule has 1 unspecified atom stereocenters. The molecular weight excluding hydrogens is 264 g/mol. The number of carboxylic acid groups (broad SMARTS) is 1. The largest absolute Gasteiger partial charge is 0.480 e. The first kappa shape index (κ1) is 15.1. The summed E-state index contributed by atoms with van der Waals surface area (Å²) in [6.45, 7) is 2.89. The molecule has 2 aromatic carbocycles. The second kappa shape index (κ2) is 6.41. The maximum atomic E-state index is 11.8. The highest BCUT2D eigenvalue weighted by Gasteiger charge is 2.37. The van der Waals surface area contributed by atoms with Crippen molar-refractivity contribution in [3.05, 3.63) is 66.2 Å². The summed E-state index contributed by atoms with van der Waals surface area (Å²) >= 11 is 0. The van der Waals surface area contributed by atoms with E-state index in [2.05, 4.69) is 0 Å². The lowest BCUT2D eigenvalue weighted by molar-refractivity contribution is -0.143. The van der Waals surface area contributed by atoms with Crippen LogP contribution in [0.25, 0.3) is 0 Å². The van der Waals surface area contributed by atoms with Gasteiger partial charge in [-0.2, -0.15) is 0 Å². The van der Waals surface area contributed by atoms with Crippen molar-refractivity contribution in [2.24, 2.45) is 5.73 Å². The molecule has 0 fully saturated rings. The van der Waals surface area contributed by atoms with Gasteiger partial charge >= 0.3 is 5.97 Å². The molecule has 4 nitrogen and oxygen atoms in total. The highest BCUT2D eigenvalue weighted by atomic mass is 16.4. The Balaban J connectivity index is 2.34. The molecule has 0 aliphatic rings. The molecule has 0 radical (unpaired) electrons. The predicted octanol–water partition coefficient (Wildman–Crippen LogP) is 2.45. The van der Waals surface area contributed by atoms with E-state index < -0.39 is 11.5 Å². The second-order valence-corrected chi connectivity index (χ2v) is 4.99. The zero-order chi connectivity index (χ0) is 15.3. The zero-order valence-electron chi connectivity index (χ0n) is 12.1. The van der Waals surface area contributed by atoms with Gasteiger partial charge in [-0.25, -0.2) is 4.79 Å². The number of nitrogens with zero attached hydrogens (tertiary/aromatic N) is 1. The summed E-state index contributed by atoms with van der Waals surface area (Å²) in [6.07, 6.45) is 0. The lowest BCUT2D eigenvalue weighted by Crippen LogP contribution is -2.53. The minimum atomic E-state index is -1.44. The van der Waals surface area contributed by atoms with Crippen molar-refractivity contribution in [1.82, 2.24) is 0 Å². The van der Waals surface area contributed by atoms with Crippen molar-refractivity contribution in [2.45, 2.75) is 12.5 Å². The molecule has 0 bridgehead atoms. The van der Waals surface area contributed by atoms with Crippen LogP contribution in [-0.2, 0) is 10.3 Å². The van der Waals surface area contributed by atoms with Gasteiger partial charge in [-0.15, -0.1) is 0 Å². The quantitative estimate of drug-likeness (QED) is 0.855. The molecule has 110 valence electrons. The van der Waals surface area contributed by atoms with Crippen LogP contribution in [0.2, 0.25) is 0 Å². The van der Waals surface area contributed by atoms with E-state index >= 15 is 0 Å². The number of anilines is 1. The van der Waals surface area contributed by atoms with Crippen molar-refractivity contribution >= 4 is 11.7 Å². The lowest BCUT2D eigenvalue weighted by Gasteiger charge is -2.33. The van der Waals surface area contributed by atoms with Crippen LogP contribution in [0, 0.1) is 0 Å². The molecule has 3 N–H and O–H groups in total. The van der Waals surface area contributed by atoms with E-state index in [-0.39, 0.29) is 6.54 Å². The smallest absolute Gasteiger partial charge is 0.330 e. The van der Waals surface area contributed by atoms with Gasteiger partial charge in [-0.1, -0.05) is 48.5 Å². The Kier molecular flexibility index (Phi) is 4.60. The summed E-state index contributed by atoms with van der Waals surface area (Å²) in [5.74, 6) is -1.02. The number of carbonyl (C=O) groups is 1. The molecule has 21 heavy (non-hydrogen) atoms. The van der Waals surface area contributed by atoms with Crippen LogP contribution in [0.4, 0.5) is 5.69 Å². The third-order valence-corrected chi connectivity index (χ3v) is 3.61. The van der Waals surface area contributed by atoms with E-state index in [9.17, 15) is 9.90 Å². The summed E-state index contributed by atoms with van der Waals surface area (Å²) < 4.78 is 0. The third kappa shape index (κ3) is 3.23. The van der Waals surface area contributed by atoms with Crippen LogP contribution in [0.5, 0.6) is 0 Å². The average Bonchev–Trinajstić information content (AvgIpc) is 2.54. The molecular formula is C17H20N2O2. The topological polar surface area (TPSA) is 66.6 Å². The highest BCUT2D eigenvalue weighted by Crippen LogP contribution is 2.23. The first-order valence-corrected chi connectivity index (χ1v) is 6.95. The number of rotatable bonds is 6. The van der Waals surface area contributed by atoms with Gasteiger partial charge in [0, 0.05) is 12.2 Å². The summed E-state index contributed by atoms with van der Waals surface area (Å²) in [4.78, 5) is 13.7. The number of nitrogens with two attached hydrogens (primary N) is 1. The summed E-state index contributed by atoms with van der Waals surface area (Å²) in [5, 5.41) is 9.63. The third-order valence-electron chi connectivity index (χ3n) is 3.61. The second-order valence-electron chi connectivity index (χ2n) is 4.99. The molecule has 0 amide bonds. The molecule has 2 aromatic rings. The molecule has 0 spiro atoms. The average molecular weight is 284 g/mol. The molecule has 0 aromatic heterocycles. The highest BCUT2D eigenvalue weighted by molar-refractivity contribution is 5.81. The molecule has 1 atom stereocenters.